The Hall–Kier alpha value is -3.72. The Labute approximate surface area is 271 Å². The number of carbonyl (C=O) groups excluding carboxylic acids is 1. The highest BCUT2D eigenvalue weighted by Gasteiger charge is 2.56. The summed E-state index contributed by atoms with van der Waals surface area (Å²) in [6.07, 6.45) is 2.85. The van der Waals surface area contributed by atoms with Crippen LogP contribution < -0.4 is 0 Å². The van der Waals surface area contributed by atoms with Gasteiger partial charge in [0.2, 0.25) is 0 Å². The Morgan fingerprint density at radius 3 is 2.41 bits per heavy atom. The molecule has 0 amide bonds. The fourth-order valence-corrected chi connectivity index (χ4v) is 9.34. The third-order valence-electron chi connectivity index (χ3n) is 9.61. The van der Waals surface area contributed by atoms with Gasteiger partial charge in [-0.2, -0.15) is 0 Å². The molecule has 7 nitrogen and oxygen atoms in total. The van der Waals surface area contributed by atoms with Crippen LogP contribution in [0.3, 0.4) is 0 Å². The van der Waals surface area contributed by atoms with Crippen molar-refractivity contribution in [1.82, 2.24) is 8.87 Å². The number of ether oxygens (including phenoxy) is 2. The van der Waals surface area contributed by atoms with Gasteiger partial charge in [0.15, 0.2) is 0 Å². The lowest BCUT2D eigenvalue weighted by Gasteiger charge is -2.43. The minimum absolute atomic E-state index is 0.0972. The molecule has 1 unspecified atom stereocenters. The highest BCUT2D eigenvalue weighted by molar-refractivity contribution is 7.90. The van der Waals surface area contributed by atoms with Crippen molar-refractivity contribution in [1.29, 1.82) is 0 Å². The number of para-hydroxylation sites is 1. The van der Waals surface area contributed by atoms with Crippen LogP contribution in [0.1, 0.15) is 88.3 Å². The van der Waals surface area contributed by atoms with Crippen molar-refractivity contribution in [3.05, 3.63) is 113 Å². The summed E-state index contributed by atoms with van der Waals surface area (Å²) in [7, 11) is -4.02. The molecule has 3 heterocycles. The number of esters is 1. The van der Waals surface area contributed by atoms with E-state index in [9.17, 15) is 13.2 Å². The van der Waals surface area contributed by atoms with Gasteiger partial charge in [0, 0.05) is 23.3 Å². The third-order valence-corrected chi connectivity index (χ3v) is 11.4. The Bertz CT molecular complexity index is 1950. The second-order valence-electron chi connectivity index (χ2n) is 14.0. The Morgan fingerprint density at radius 1 is 1.00 bits per heavy atom. The molecule has 7 rings (SSSR count). The van der Waals surface area contributed by atoms with Gasteiger partial charge in [0.25, 0.3) is 10.0 Å². The largest absolute Gasteiger partial charge is 0.457 e. The van der Waals surface area contributed by atoms with Crippen molar-refractivity contribution in [2.24, 2.45) is 5.92 Å². The molecule has 8 heteroatoms. The molecule has 3 aromatic carbocycles. The standard InChI is InChI=1S/C38H42N2O5S/c1-7-27-29(37(41)45-38(4,5)6)22-31(39-35-33(44-36(27)39)21-25-15-13-18-28(23(2)3)34(25)35)32-20-24-14-11-12-19-30(24)40(32)46(42,43)26-16-9-8-10-17-26/h8-20,22-23,27,31,33,35-36H,7,21H2,1-6H3/t27-,31-,33+,35?,36+/m0/s1. The fourth-order valence-electron chi connectivity index (χ4n) is 7.77. The zero-order valence-electron chi connectivity index (χ0n) is 27.3. The molecule has 0 bridgehead atoms. The molecule has 4 aromatic rings. The summed E-state index contributed by atoms with van der Waals surface area (Å²) in [5, 5.41) is 0.810. The van der Waals surface area contributed by atoms with Crippen molar-refractivity contribution in [3.8, 4) is 0 Å². The van der Waals surface area contributed by atoms with E-state index < -0.39 is 27.9 Å². The minimum Gasteiger partial charge on any atom is -0.457 e. The molecule has 46 heavy (non-hydrogen) atoms. The second-order valence-corrected chi connectivity index (χ2v) is 15.8. The van der Waals surface area contributed by atoms with Crippen LogP contribution in [0, 0.1) is 5.92 Å². The van der Waals surface area contributed by atoms with E-state index in [-0.39, 0.29) is 28.9 Å². The quantitative estimate of drug-likeness (QED) is 0.202. The van der Waals surface area contributed by atoms with Crippen LogP contribution in [0.5, 0.6) is 0 Å². The minimum atomic E-state index is -4.02. The van der Waals surface area contributed by atoms with E-state index in [4.69, 9.17) is 9.47 Å². The monoisotopic (exact) mass is 638 g/mol. The molecule has 3 aliphatic rings. The van der Waals surface area contributed by atoms with E-state index in [1.807, 2.05) is 63.2 Å². The van der Waals surface area contributed by atoms with Crippen molar-refractivity contribution in [2.75, 3.05) is 0 Å². The van der Waals surface area contributed by atoms with Crippen LogP contribution in [0.4, 0.5) is 0 Å². The average molecular weight is 639 g/mol. The van der Waals surface area contributed by atoms with Crippen LogP contribution in [0.15, 0.2) is 95.4 Å². The maximum absolute atomic E-state index is 14.6. The fraction of sp³-hybridized carbons (Fsp3) is 0.395. The summed E-state index contributed by atoms with van der Waals surface area (Å²) >= 11 is 0. The predicted molar refractivity (Wildman–Crippen MR) is 179 cm³/mol. The average Bonchev–Trinajstić information content (AvgIpc) is 3.69. The van der Waals surface area contributed by atoms with Gasteiger partial charge < -0.3 is 9.47 Å². The first-order valence-corrected chi connectivity index (χ1v) is 17.8. The van der Waals surface area contributed by atoms with Crippen molar-refractivity contribution < 1.29 is 22.7 Å². The molecule has 0 saturated carbocycles. The maximum Gasteiger partial charge on any atom is 0.334 e. The van der Waals surface area contributed by atoms with E-state index in [0.717, 1.165) is 11.8 Å². The number of benzene rings is 3. The molecule has 1 aliphatic carbocycles. The summed E-state index contributed by atoms with van der Waals surface area (Å²) in [4.78, 5) is 16.5. The molecule has 240 valence electrons. The molecule has 1 aromatic heterocycles. The molecule has 5 atom stereocenters. The molecular weight excluding hydrogens is 596 g/mol. The highest BCUT2D eigenvalue weighted by atomic mass is 32.2. The number of carbonyl (C=O) groups is 1. The molecule has 1 saturated heterocycles. The van der Waals surface area contributed by atoms with E-state index >= 15 is 0 Å². The Kier molecular flexibility index (Phi) is 7.54. The number of rotatable bonds is 6. The van der Waals surface area contributed by atoms with Gasteiger partial charge in [0.1, 0.15) is 11.8 Å². The number of fused-ring (bicyclic) bond motifs is 6. The second kappa shape index (κ2) is 11.2. The zero-order chi connectivity index (χ0) is 32.5. The van der Waals surface area contributed by atoms with Gasteiger partial charge in [-0.25, -0.2) is 17.2 Å². The molecule has 2 aliphatic heterocycles. The van der Waals surface area contributed by atoms with Crippen molar-refractivity contribution in [2.45, 2.75) is 95.2 Å². The first kappa shape index (κ1) is 30.9. The number of nitrogens with zero attached hydrogens (tertiary/aromatic N) is 2. The van der Waals surface area contributed by atoms with Gasteiger partial charge in [0.05, 0.1) is 34.3 Å². The molecule has 0 spiro atoms. The van der Waals surface area contributed by atoms with Gasteiger partial charge >= 0.3 is 5.97 Å². The molecule has 0 radical (unpaired) electrons. The predicted octanol–water partition coefficient (Wildman–Crippen LogP) is 7.68. The van der Waals surface area contributed by atoms with E-state index in [0.29, 0.717) is 29.1 Å². The van der Waals surface area contributed by atoms with Crippen molar-refractivity contribution in [3.63, 3.8) is 0 Å². The van der Waals surface area contributed by atoms with Crippen LogP contribution in [-0.4, -0.2) is 41.2 Å². The van der Waals surface area contributed by atoms with E-state index in [1.54, 1.807) is 24.3 Å². The Morgan fingerprint density at radius 2 is 1.72 bits per heavy atom. The van der Waals surface area contributed by atoms with Crippen molar-refractivity contribution >= 4 is 26.9 Å². The summed E-state index contributed by atoms with van der Waals surface area (Å²) in [5.41, 5.74) is 4.83. The van der Waals surface area contributed by atoms with Gasteiger partial charge in [-0.1, -0.05) is 81.4 Å². The molecule has 1 fully saturated rings. The summed E-state index contributed by atoms with van der Waals surface area (Å²) < 4.78 is 43.5. The first-order chi connectivity index (χ1) is 21.9. The Balaban J connectivity index is 1.50. The van der Waals surface area contributed by atoms with Gasteiger partial charge in [-0.3, -0.25) is 4.90 Å². The van der Waals surface area contributed by atoms with Gasteiger partial charge in [-0.15, -0.1) is 0 Å². The summed E-state index contributed by atoms with van der Waals surface area (Å²) in [6, 6.07) is 23.9. The number of hydrogen-bond acceptors (Lipinski definition) is 6. The molecule has 0 N–H and O–H groups in total. The van der Waals surface area contributed by atoms with E-state index in [1.165, 1.54) is 20.7 Å². The number of aromatic nitrogens is 1. The van der Waals surface area contributed by atoms with Crippen LogP contribution in [0.2, 0.25) is 0 Å². The lowest BCUT2D eigenvalue weighted by atomic mass is 9.84. The topological polar surface area (TPSA) is 77.8 Å². The first-order valence-electron chi connectivity index (χ1n) is 16.3. The maximum atomic E-state index is 14.6. The highest BCUT2D eigenvalue weighted by Crippen LogP contribution is 2.55. The van der Waals surface area contributed by atoms with Gasteiger partial charge in [-0.05, 0) is 74.1 Å². The third kappa shape index (κ3) is 4.93. The SMILES string of the molecule is CC[C@H]1C(C(=O)OC(C)(C)C)=C[C@@H](c2cc3ccccc3n2S(=O)(=O)c2ccccc2)N2C3c4c(cccc4C(C)C)C[C@H]3O[C@H]12. The summed E-state index contributed by atoms with van der Waals surface area (Å²) in [6.45, 7) is 12.1. The molecular formula is C38H42N2O5S. The van der Waals surface area contributed by atoms with E-state index in [2.05, 4.69) is 43.9 Å². The van der Waals surface area contributed by atoms with Crippen LogP contribution in [-0.2, 0) is 30.7 Å². The smallest absolute Gasteiger partial charge is 0.334 e. The van der Waals surface area contributed by atoms with Crippen LogP contribution >= 0.6 is 0 Å². The normalized spacial score (nSPS) is 24.5. The lowest BCUT2D eigenvalue weighted by Crippen LogP contribution is -2.46. The lowest BCUT2D eigenvalue weighted by molar-refractivity contribution is -0.152. The van der Waals surface area contributed by atoms with Crippen LogP contribution in [0.25, 0.3) is 10.9 Å². The summed E-state index contributed by atoms with van der Waals surface area (Å²) in [5.74, 6) is -0.327. The zero-order valence-corrected chi connectivity index (χ0v) is 28.1. The number of hydrogen-bond donors (Lipinski definition) is 0.